The van der Waals surface area contributed by atoms with Crippen molar-refractivity contribution in [3.8, 4) is 5.69 Å². The van der Waals surface area contributed by atoms with Crippen molar-refractivity contribution in [3.63, 3.8) is 0 Å². The fourth-order valence-electron chi connectivity index (χ4n) is 2.44. The summed E-state index contributed by atoms with van der Waals surface area (Å²) in [6.45, 7) is 4.87. The van der Waals surface area contributed by atoms with Crippen LogP contribution >= 0.6 is 0 Å². The van der Waals surface area contributed by atoms with Gasteiger partial charge in [-0.1, -0.05) is 13.0 Å². The summed E-state index contributed by atoms with van der Waals surface area (Å²) in [6.07, 6.45) is 2.92. The van der Waals surface area contributed by atoms with E-state index in [1.54, 1.807) is 0 Å². The molecule has 3 rings (SSSR count). The molecular formula is C15H18N4O. The van der Waals surface area contributed by atoms with Crippen LogP contribution in [0.5, 0.6) is 0 Å². The third-order valence-electron chi connectivity index (χ3n) is 3.45. The van der Waals surface area contributed by atoms with E-state index in [1.807, 2.05) is 42.1 Å². The second-order valence-corrected chi connectivity index (χ2v) is 5.05. The van der Waals surface area contributed by atoms with Crippen LogP contribution in [0.1, 0.15) is 30.6 Å². The summed E-state index contributed by atoms with van der Waals surface area (Å²) in [7, 11) is 0. The first-order chi connectivity index (χ1) is 9.69. The van der Waals surface area contributed by atoms with Gasteiger partial charge in [0, 0.05) is 17.4 Å². The molecule has 1 unspecified atom stereocenters. The topological polar surface area (TPSA) is 59.0 Å². The molecule has 1 aromatic heterocycles. The maximum Gasteiger partial charge on any atom is 0.246 e. The lowest BCUT2D eigenvalue weighted by Crippen LogP contribution is -2.27. The van der Waals surface area contributed by atoms with Crippen LogP contribution < -0.4 is 10.6 Å². The van der Waals surface area contributed by atoms with Gasteiger partial charge in [-0.25, -0.2) is 4.68 Å². The third kappa shape index (κ3) is 2.20. The maximum atomic E-state index is 12.0. The van der Waals surface area contributed by atoms with Crippen molar-refractivity contribution in [2.75, 3.05) is 11.9 Å². The highest BCUT2D eigenvalue weighted by Crippen LogP contribution is 2.32. The first-order valence-electron chi connectivity index (χ1n) is 6.90. The number of nitrogens with zero attached hydrogens (tertiary/aromatic N) is 2. The van der Waals surface area contributed by atoms with Gasteiger partial charge in [0.25, 0.3) is 0 Å². The lowest BCUT2D eigenvalue weighted by Gasteiger charge is -2.10. The van der Waals surface area contributed by atoms with Gasteiger partial charge in [0.1, 0.15) is 6.04 Å². The van der Waals surface area contributed by atoms with Crippen molar-refractivity contribution >= 4 is 11.6 Å². The lowest BCUT2D eigenvalue weighted by molar-refractivity contribution is -0.117. The second kappa shape index (κ2) is 5.09. The van der Waals surface area contributed by atoms with Gasteiger partial charge >= 0.3 is 0 Å². The molecule has 2 aromatic rings. The Morgan fingerprint density at radius 2 is 2.25 bits per heavy atom. The number of carbonyl (C=O) groups excluding carboxylic acids is 1. The Kier molecular flexibility index (Phi) is 3.28. The normalized spacial score (nSPS) is 17.1. The number of carbonyl (C=O) groups is 1. The van der Waals surface area contributed by atoms with Crippen LogP contribution in [0.4, 0.5) is 5.69 Å². The van der Waals surface area contributed by atoms with E-state index in [4.69, 9.17) is 0 Å². The molecule has 1 amide bonds. The van der Waals surface area contributed by atoms with Crippen molar-refractivity contribution < 1.29 is 4.79 Å². The summed E-state index contributed by atoms with van der Waals surface area (Å²) in [4.78, 5) is 12.0. The second-order valence-electron chi connectivity index (χ2n) is 5.05. The number of aromatic nitrogens is 2. The van der Waals surface area contributed by atoms with Crippen LogP contribution in [-0.2, 0) is 4.79 Å². The molecule has 1 atom stereocenters. The molecule has 5 nitrogen and oxygen atoms in total. The van der Waals surface area contributed by atoms with E-state index in [9.17, 15) is 4.79 Å². The number of nitrogens with one attached hydrogen (secondary N) is 2. The van der Waals surface area contributed by atoms with E-state index in [-0.39, 0.29) is 11.9 Å². The van der Waals surface area contributed by atoms with Gasteiger partial charge in [-0.15, -0.1) is 0 Å². The monoisotopic (exact) mass is 270 g/mol. The van der Waals surface area contributed by atoms with E-state index in [2.05, 4.69) is 22.7 Å². The molecular weight excluding hydrogens is 252 g/mol. The molecule has 0 saturated carbocycles. The molecule has 0 fully saturated rings. The van der Waals surface area contributed by atoms with Gasteiger partial charge in [-0.05, 0) is 38.1 Å². The van der Waals surface area contributed by atoms with Gasteiger partial charge in [0.2, 0.25) is 5.91 Å². The average molecular weight is 270 g/mol. The smallest absolute Gasteiger partial charge is 0.246 e. The summed E-state index contributed by atoms with van der Waals surface area (Å²) in [5, 5.41) is 10.6. The van der Waals surface area contributed by atoms with Gasteiger partial charge in [0.15, 0.2) is 0 Å². The quantitative estimate of drug-likeness (QED) is 0.895. The van der Waals surface area contributed by atoms with E-state index in [0.717, 1.165) is 35.6 Å². The van der Waals surface area contributed by atoms with Crippen molar-refractivity contribution in [2.24, 2.45) is 0 Å². The van der Waals surface area contributed by atoms with Crippen molar-refractivity contribution in [1.29, 1.82) is 0 Å². The molecule has 1 aliphatic rings. The number of hydrogen-bond acceptors (Lipinski definition) is 3. The van der Waals surface area contributed by atoms with E-state index < -0.39 is 0 Å². The number of anilines is 1. The minimum Gasteiger partial charge on any atom is -0.324 e. The van der Waals surface area contributed by atoms with Crippen molar-refractivity contribution in [3.05, 3.63) is 41.7 Å². The van der Waals surface area contributed by atoms with Crippen LogP contribution in [0.15, 0.2) is 30.5 Å². The number of benzene rings is 1. The number of hydrogen-bond donors (Lipinski definition) is 2. The Morgan fingerprint density at radius 1 is 1.40 bits per heavy atom. The minimum absolute atomic E-state index is 0.0160. The number of rotatable bonds is 4. The van der Waals surface area contributed by atoms with Crippen LogP contribution in [0.3, 0.4) is 0 Å². The Morgan fingerprint density at radius 3 is 2.95 bits per heavy atom. The molecule has 1 aromatic carbocycles. The van der Waals surface area contributed by atoms with E-state index in [1.165, 1.54) is 0 Å². The molecule has 0 spiro atoms. The predicted octanol–water partition coefficient (Wildman–Crippen LogP) is 2.17. The molecule has 0 bridgehead atoms. The van der Waals surface area contributed by atoms with Crippen molar-refractivity contribution in [1.82, 2.24) is 15.1 Å². The third-order valence-corrected chi connectivity index (χ3v) is 3.45. The molecule has 104 valence electrons. The molecule has 0 aliphatic carbocycles. The highest BCUT2D eigenvalue weighted by molar-refractivity contribution is 6.02. The summed E-state index contributed by atoms with van der Waals surface area (Å²) in [6, 6.07) is 7.67. The summed E-state index contributed by atoms with van der Waals surface area (Å²) >= 11 is 0. The summed E-state index contributed by atoms with van der Waals surface area (Å²) < 4.78 is 1.81. The molecule has 2 N–H and O–H groups in total. The fraction of sp³-hybridized carbons (Fsp3) is 0.333. The largest absolute Gasteiger partial charge is 0.324 e. The van der Waals surface area contributed by atoms with E-state index in [0.29, 0.717) is 0 Å². The first-order valence-corrected chi connectivity index (χ1v) is 6.90. The van der Waals surface area contributed by atoms with Crippen LogP contribution in [0.2, 0.25) is 0 Å². The molecule has 2 heterocycles. The number of fused-ring (bicyclic) bond motifs is 1. The SMILES string of the molecule is CCCNC1C(=O)Nc2cc(-n3ccc(C)n3)ccc21. The molecule has 20 heavy (non-hydrogen) atoms. The highest BCUT2D eigenvalue weighted by atomic mass is 16.2. The minimum atomic E-state index is -0.238. The van der Waals surface area contributed by atoms with Gasteiger partial charge < -0.3 is 10.6 Å². The summed E-state index contributed by atoms with van der Waals surface area (Å²) in [5.74, 6) is 0.0160. The van der Waals surface area contributed by atoms with Gasteiger partial charge in [-0.2, -0.15) is 5.10 Å². The number of amides is 1. The van der Waals surface area contributed by atoms with Crippen LogP contribution in [-0.4, -0.2) is 22.2 Å². The predicted molar refractivity (Wildman–Crippen MR) is 78.0 cm³/mol. The Hall–Kier alpha value is -2.14. The molecule has 5 heteroatoms. The highest BCUT2D eigenvalue weighted by Gasteiger charge is 2.29. The lowest BCUT2D eigenvalue weighted by atomic mass is 10.1. The Balaban J connectivity index is 1.91. The Labute approximate surface area is 118 Å². The molecule has 1 aliphatic heterocycles. The molecule has 0 saturated heterocycles. The van der Waals surface area contributed by atoms with Gasteiger partial charge in [0.05, 0.1) is 11.4 Å². The van der Waals surface area contributed by atoms with E-state index >= 15 is 0 Å². The van der Waals surface area contributed by atoms with Crippen LogP contribution in [0, 0.1) is 6.92 Å². The maximum absolute atomic E-state index is 12.0. The van der Waals surface area contributed by atoms with Crippen LogP contribution in [0.25, 0.3) is 5.69 Å². The zero-order chi connectivity index (χ0) is 14.1. The Bertz CT molecular complexity index is 647. The zero-order valence-electron chi connectivity index (χ0n) is 11.7. The van der Waals surface area contributed by atoms with Gasteiger partial charge in [-0.3, -0.25) is 4.79 Å². The zero-order valence-corrected chi connectivity index (χ0v) is 11.7. The number of aryl methyl sites for hydroxylation is 1. The fourth-order valence-corrected chi connectivity index (χ4v) is 2.44. The standard InChI is InChI=1S/C15H18N4O/c1-3-7-16-14-12-5-4-11(9-13(12)17-15(14)20)19-8-6-10(2)18-19/h4-6,8-9,14,16H,3,7H2,1-2H3,(H,17,20). The van der Waals surface area contributed by atoms with Crippen molar-refractivity contribution in [2.45, 2.75) is 26.3 Å². The molecule has 0 radical (unpaired) electrons. The first kappa shape index (κ1) is 12.9. The summed E-state index contributed by atoms with van der Waals surface area (Å²) in [5.41, 5.74) is 3.80. The average Bonchev–Trinajstić information content (AvgIpc) is 2.99.